The van der Waals surface area contributed by atoms with Crippen LogP contribution in [0.4, 0.5) is 15.6 Å². The molecular weight excluding hydrogens is 496 g/mol. The molecule has 38 heavy (non-hydrogen) atoms. The highest BCUT2D eigenvalue weighted by molar-refractivity contribution is 7.15. The second-order valence-electron chi connectivity index (χ2n) is 9.83. The Morgan fingerprint density at radius 2 is 2.00 bits per heavy atom. The molecule has 2 aromatic carbocycles. The van der Waals surface area contributed by atoms with Gasteiger partial charge >= 0.3 is 6.03 Å². The van der Waals surface area contributed by atoms with Gasteiger partial charge in [-0.05, 0) is 87.0 Å². The summed E-state index contributed by atoms with van der Waals surface area (Å²) in [6.45, 7) is 3.84. The van der Waals surface area contributed by atoms with Gasteiger partial charge in [0.25, 0.3) is 5.91 Å². The minimum Gasteiger partial charge on any atom is -0.317 e. The van der Waals surface area contributed by atoms with Gasteiger partial charge in [0, 0.05) is 28.7 Å². The minimum absolute atomic E-state index is 0.110. The Balaban J connectivity index is 1.24. The van der Waals surface area contributed by atoms with E-state index >= 15 is 0 Å². The number of rotatable bonds is 7. The Morgan fingerprint density at radius 3 is 2.79 bits per heavy atom. The third-order valence-corrected chi connectivity index (χ3v) is 8.19. The second kappa shape index (κ2) is 11.8. The fraction of sp³-hybridized carbons (Fsp3) is 0.379. The molecule has 3 aromatic rings. The number of carbonyl (C=O) groups excluding carboxylic acids is 2. The summed E-state index contributed by atoms with van der Waals surface area (Å²) in [5, 5.41) is 19.2. The van der Waals surface area contributed by atoms with E-state index in [0.29, 0.717) is 34.5 Å². The number of nitrogens with zero attached hydrogens (tertiary/aromatic N) is 3. The van der Waals surface area contributed by atoms with Crippen LogP contribution < -0.4 is 16.0 Å². The maximum absolute atomic E-state index is 13.1. The summed E-state index contributed by atoms with van der Waals surface area (Å²) < 4.78 is 0. The molecule has 8 nitrogen and oxygen atoms in total. The van der Waals surface area contributed by atoms with Crippen LogP contribution in [-0.2, 0) is 12.8 Å². The van der Waals surface area contributed by atoms with Crippen molar-refractivity contribution >= 4 is 34.1 Å². The number of thiazole rings is 1. The largest absolute Gasteiger partial charge is 0.322 e. The molecule has 0 radical (unpaired) electrons. The molecule has 2 aliphatic rings. The van der Waals surface area contributed by atoms with Crippen LogP contribution in [0.3, 0.4) is 0 Å². The Labute approximate surface area is 227 Å². The van der Waals surface area contributed by atoms with Gasteiger partial charge in [0.15, 0.2) is 5.13 Å². The molecule has 1 saturated heterocycles. The average Bonchev–Trinajstić information content (AvgIpc) is 3.59. The number of amides is 3. The number of nitrogens with one attached hydrogen (secondary N) is 3. The molecule has 196 valence electrons. The predicted molar refractivity (Wildman–Crippen MR) is 149 cm³/mol. The summed E-state index contributed by atoms with van der Waals surface area (Å²) in [6, 6.07) is 16.6. The Hall–Kier alpha value is -3.74. The zero-order valence-corrected chi connectivity index (χ0v) is 22.3. The molecule has 0 bridgehead atoms. The number of aryl methyl sites for hydroxylation is 1. The highest BCUT2D eigenvalue weighted by Gasteiger charge is 2.30. The van der Waals surface area contributed by atoms with Crippen LogP contribution in [0.15, 0.2) is 48.5 Å². The van der Waals surface area contributed by atoms with Crippen molar-refractivity contribution in [3.05, 3.63) is 75.8 Å². The average molecular weight is 529 g/mol. The number of urea groups is 1. The molecule has 3 N–H and O–H groups in total. The van der Waals surface area contributed by atoms with Crippen LogP contribution in [-0.4, -0.2) is 41.0 Å². The number of nitriles is 1. The van der Waals surface area contributed by atoms with Gasteiger partial charge in [0.1, 0.15) is 0 Å². The SMILES string of the molecule is CCCNC1CCc2nc(NC(=O)c3cccc([C@H]4CCCN4C(=O)Nc4ccc(C#N)cc4)c3)sc2C1. The summed E-state index contributed by atoms with van der Waals surface area (Å²) in [5.41, 5.74) is 3.78. The normalized spacial score (nSPS) is 18.5. The number of anilines is 2. The Morgan fingerprint density at radius 1 is 1.16 bits per heavy atom. The smallest absolute Gasteiger partial charge is 0.317 e. The van der Waals surface area contributed by atoms with Crippen molar-refractivity contribution in [3.63, 3.8) is 0 Å². The van der Waals surface area contributed by atoms with Crippen LogP contribution in [0, 0.1) is 11.3 Å². The molecule has 2 heterocycles. The van der Waals surface area contributed by atoms with Crippen LogP contribution in [0.5, 0.6) is 0 Å². The number of carbonyl (C=O) groups is 2. The molecule has 1 unspecified atom stereocenters. The van der Waals surface area contributed by atoms with E-state index in [1.54, 1.807) is 41.7 Å². The van der Waals surface area contributed by atoms with Gasteiger partial charge < -0.3 is 15.5 Å². The van der Waals surface area contributed by atoms with Crippen LogP contribution in [0.1, 0.15) is 70.7 Å². The lowest BCUT2D eigenvalue weighted by Crippen LogP contribution is -2.34. The van der Waals surface area contributed by atoms with E-state index in [1.165, 1.54) is 4.88 Å². The fourth-order valence-corrected chi connectivity index (χ4v) is 6.27. The Kier molecular flexibility index (Phi) is 8.01. The molecule has 9 heteroatoms. The van der Waals surface area contributed by atoms with Crippen molar-refractivity contribution in [2.45, 2.75) is 57.5 Å². The quantitative estimate of drug-likeness (QED) is 0.375. The first-order valence-electron chi connectivity index (χ1n) is 13.2. The topological polar surface area (TPSA) is 110 Å². The first-order chi connectivity index (χ1) is 18.5. The van der Waals surface area contributed by atoms with Gasteiger partial charge in [-0.2, -0.15) is 5.26 Å². The molecule has 1 aliphatic heterocycles. The third-order valence-electron chi connectivity index (χ3n) is 7.16. The monoisotopic (exact) mass is 528 g/mol. The van der Waals surface area contributed by atoms with Crippen molar-refractivity contribution in [1.82, 2.24) is 15.2 Å². The summed E-state index contributed by atoms with van der Waals surface area (Å²) in [7, 11) is 0. The van der Waals surface area contributed by atoms with Gasteiger partial charge in [-0.15, -0.1) is 11.3 Å². The third kappa shape index (κ3) is 5.87. The van der Waals surface area contributed by atoms with E-state index in [9.17, 15) is 9.59 Å². The number of hydrogen-bond acceptors (Lipinski definition) is 6. The highest BCUT2D eigenvalue weighted by Crippen LogP contribution is 2.34. The fourth-order valence-electron chi connectivity index (χ4n) is 5.19. The van der Waals surface area contributed by atoms with Crippen molar-refractivity contribution in [2.24, 2.45) is 0 Å². The summed E-state index contributed by atoms with van der Waals surface area (Å²) >= 11 is 1.57. The molecule has 0 spiro atoms. The lowest BCUT2D eigenvalue weighted by molar-refractivity contribution is 0.102. The molecule has 1 fully saturated rings. The predicted octanol–water partition coefficient (Wildman–Crippen LogP) is 5.49. The van der Waals surface area contributed by atoms with Crippen LogP contribution in [0.2, 0.25) is 0 Å². The number of likely N-dealkylation sites (tertiary alicyclic amines) is 1. The van der Waals surface area contributed by atoms with E-state index < -0.39 is 0 Å². The molecule has 5 rings (SSSR count). The van der Waals surface area contributed by atoms with Crippen LogP contribution in [0.25, 0.3) is 0 Å². The molecule has 0 saturated carbocycles. The summed E-state index contributed by atoms with van der Waals surface area (Å²) in [5.74, 6) is -0.190. The molecule has 1 aliphatic carbocycles. The molecule has 2 atom stereocenters. The van der Waals surface area contributed by atoms with Crippen molar-refractivity contribution in [2.75, 3.05) is 23.7 Å². The lowest BCUT2D eigenvalue weighted by Gasteiger charge is -2.25. The van der Waals surface area contributed by atoms with Crippen molar-refractivity contribution in [3.8, 4) is 6.07 Å². The standard InChI is InChI=1S/C29H32N6O2S/c1-2-14-31-23-12-13-24-26(17-23)38-28(33-24)34-27(36)21-6-3-5-20(16-21)25-7-4-15-35(25)29(37)32-22-10-8-19(18-30)9-11-22/h3,5-6,8-11,16,23,25,31H,2,4,7,12-15,17H2,1H3,(H,32,37)(H,33,34,36)/t23?,25-/m1/s1. The van der Waals surface area contributed by atoms with E-state index in [2.05, 4.69) is 28.9 Å². The summed E-state index contributed by atoms with van der Waals surface area (Å²) in [6.07, 6.45) is 5.80. The second-order valence-corrected chi connectivity index (χ2v) is 10.9. The van der Waals surface area contributed by atoms with Gasteiger partial charge in [-0.3, -0.25) is 10.1 Å². The van der Waals surface area contributed by atoms with Crippen LogP contribution >= 0.6 is 11.3 Å². The van der Waals surface area contributed by atoms with Gasteiger partial charge in [0.2, 0.25) is 0 Å². The zero-order chi connectivity index (χ0) is 26.5. The first kappa shape index (κ1) is 25.9. The van der Waals surface area contributed by atoms with E-state index in [0.717, 1.165) is 56.3 Å². The van der Waals surface area contributed by atoms with E-state index in [4.69, 9.17) is 10.2 Å². The number of fused-ring (bicyclic) bond motifs is 1. The Bertz CT molecular complexity index is 1350. The zero-order valence-electron chi connectivity index (χ0n) is 21.5. The first-order valence-corrected chi connectivity index (χ1v) is 14.1. The van der Waals surface area contributed by atoms with Gasteiger partial charge in [-0.25, -0.2) is 9.78 Å². The van der Waals surface area contributed by atoms with Gasteiger partial charge in [0.05, 0.1) is 23.4 Å². The number of hydrogen-bond donors (Lipinski definition) is 3. The van der Waals surface area contributed by atoms with E-state index in [1.807, 2.05) is 23.1 Å². The van der Waals surface area contributed by atoms with Crippen molar-refractivity contribution < 1.29 is 9.59 Å². The molecule has 1 aromatic heterocycles. The number of benzene rings is 2. The lowest BCUT2D eigenvalue weighted by atomic mass is 9.98. The highest BCUT2D eigenvalue weighted by atomic mass is 32.1. The summed E-state index contributed by atoms with van der Waals surface area (Å²) in [4.78, 5) is 33.9. The minimum atomic E-state index is -0.190. The van der Waals surface area contributed by atoms with Gasteiger partial charge in [-0.1, -0.05) is 19.1 Å². The van der Waals surface area contributed by atoms with E-state index in [-0.39, 0.29) is 18.0 Å². The molecular formula is C29H32N6O2S. The maximum atomic E-state index is 13.1. The maximum Gasteiger partial charge on any atom is 0.322 e. The number of aromatic nitrogens is 1. The van der Waals surface area contributed by atoms with Crippen molar-refractivity contribution in [1.29, 1.82) is 5.26 Å². The molecule has 3 amide bonds.